The Labute approximate surface area is 124 Å². The van der Waals surface area contributed by atoms with E-state index in [-0.39, 0.29) is 18.4 Å². The Morgan fingerprint density at radius 2 is 2.10 bits per heavy atom. The van der Waals surface area contributed by atoms with Crippen molar-refractivity contribution in [2.45, 2.75) is 45.7 Å². The molecule has 1 aromatic heterocycles. The minimum Gasteiger partial charge on any atom is -0.353 e. The number of benzene rings is 1. The number of carbonyl (C=O) groups is 1. The fraction of sp³-hybridized carbons (Fsp3) is 0.467. The van der Waals surface area contributed by atoms with Crippen LogP contribution in [0.4, 0.5) is 0 Å². The summed E-state index contributed by atoms with van der Waals surface area (Å²) in [6, 6.07) is 10.3. The second kappa shape index (κ2) is 7.52. The molecular weight excluding hydrogens is 266 g/mol. The summed E-state index contributed by atoms with van der Waals surface area (Å²) in [5.74, 6) is 0.562. The first kappa shape index (κ1) is 15.2. The number of nitrogens with zero attached hydrogens (tertiary/aromatic N) is 4. The van der Waals surface area contributed by atoms with Gasteiger partial charge in [0.15, 0.2) is 5.82 Å². The summed E-state index contributed by atoms with van der Waals surface area (Å²) in [5.41, 5.74) is 1.23. The van der Waals surface area contributed by atoms with E-state index in [1.54, 1.807) is 4.68 Å². The second-order valence-electron chi connectivity index (χ2n) is 5.11. The van der Waals surface area contributed by atoms with Gasteiger partial charge in [0, 0.05) is 12.6 Å². The molecule has 112 valence electrons. The van der Waals surface area contributed by atoms with E-state index in [0.29, 0.717) is 12.4 Å². The number of aromatic nitrogens is 4. The Balaban J connectivity index is 1.91. The fourth-order valence-electron chi connectivity index (χ4n) is 1.97. The highest BCUT2D eigenvalue weighted by Gasteiger charge is 2.12. The molecule has 1 amide bonds. The first-order valence-electron chi connectivity index (χ1n) is 7.27. The van der Waals surface area contributed by atoms with Crippen LogP contribution in [0.5, 0.6) is 0 Å². The zero-order valence-corrected chi connectivity index (χ0v) is 12.5. The van der Waals surface area contributed by atoms with Crippen LogP contribution in [0.25, 0.3) is 0 Å². The number of hydrogen-bond acceptors (Lipinski definition) is 4. The van der Waals surface area contributed by atoms with Gasteiger partial charge in [-0.2, -0.15) is 0 Å². The molecule has 0 bridgehead atoms. The van der Waals surface area contributed by atoms with Crippen molar-refractivity contribution in [1.82, 2.24) is 25.5 Å². The molecule has 2 aromatic rings. The summed E-state index contributed by atoms with van der Waals surface area (Å²) in [4.78, 5) is 11.9. The van der Waals surface area contributed by atoms with E-state index in [1.807, 2.05) is 32.0 Å². The average Bonchev–Trinajstić information content (AvgIpc) is 2.93. The molecule has 1 unspecified atom stereocenters. The van der Waals surface area contributed by atoms with Gasteiger partial charge >= 0.3 is 0 Å². The van der Waals surface area contributed by atoms with Gasteiger partial charge in [0.05, 0.1) is 6.42 Å². The maximum Gasteiger partial charge on any atom is 0.227 e. The molecule has 1 aromatic carbocycles. The Bertz CT molecular complexity index is 566. The van der Waals surface area contributed by atoms with Crippen molar-refractivity contribution in [3.63, 3.8) is 0 Å². The molecule has 0 saturated heterocycles. The van der Waals surface area contributed by atoms with E-state index in [0.717, 1.165) is 12.8 Å². The molecule has 6 heteroatoms. The molecule has 0 aliphatic heterocycles. The average molecular weight is 287 g/mol. The van der Waals surface area contributed by atoms with E-state index in [1.165, 1.54) is 5.56 Å². The van der Waals surface area contributed by atoms with Crippen LogP contribution >= 0.6 is 0 Å². The van der Waals surface area contributed by atoms with Gasteiger partial charge in [-0.3, -0.25) is 4.79 Å². The van der Waals surface area contributed by atoms with Crippen molar-refractivity contribution >= 4 is 5.91 Å². The summed E-state index contributed by atoms with van der Waals surface area (Å²) in [7, 11) is 0. The van der Waals surface area contributed by atoms with Crippen LogP contribution in [0, 0.1) is 0 Å². The van der Waals surface area contributed by atoms with E-state index in [2.05, 4.69) is 33.0 Å². The van der Waals surface area contributed by atoms with Crippen LogP contribution in [0.1, 0.15) is 31.7 Å². The predicted molar refractivity (Wildman–Crippen MR) is 79.6 cm³/mol. The van der Waals surface area contributed by atoms with Gasteiger partial charge in [-0.15, -0.1) is 5.10 Å². The number of nitrogens with one attached hydrogen (secondary N) is 1. The minimum absolute atomic E-state index is 0.0416. The maximum atomic E-state index is 11.9. The number of tetrazole rings is 1. The quantitative estimate of drug-likeness (QED) is 0.835. The summed E-state index contributed by atoms with van der Waals surface area (Å²) < 4.78 is 1.70. The van der Waals surface area contributed by atoms with E-state index < -0.39 is 0 Å². The first-order chi connectivity index (χ1) is 10.2. The van der Waals surface area contributed by atoms with Gasteiger partial charge in [0.2, 0.25) is 5.91 Å². The number of amides is 1. The molecule has 0 saturated carbocycles. The zero-order chi connectivity index (χ0) is 15.1. The monoisotopic (exact) mass is 287 g/mol. The molecule has 6 nitrogen and oxygen atoms in total. The number of rotatable bonds is 7. The number of hydrogen-bond donors (Lipinski definition) is 1. The molecule has 0 spiro atoms. The molecule has 1 atom stereocenters. The molecule has 0 aliphatic carbocycles. The Morgan fingerprint density at radius 3 is 2.81 bits per heavy atom. The fourth-order valence-corrected chi connectivity index (χ4v) is 1.97. The van der Waals surface area contributed by atoms with Crippen molar-refractivity contribution < 1.29 is 4.79 Å². The number of carbonyl (C=O) groups excluding carboxylic acids is 1. The topological polar surface area (TPSA) is 72.7 Å². The molecule has 2 rings (SSSR count). The molecule has 0 aliphatic rings. The van der Waals surface area contributed by atoms with Crippen LogP contribution in [0.15, 0.2) is 30.3 Å². The van der Waals surface area contributed by atoms with Gasteiger partial charge in [-0.05, 0) is 35.8 Å². The standard InChI is InChI=1S/C15H21N5O/c1-3-12(2)16-15(21)11-14-17-18-19-20(14)10-9-13-7-5-4-6-8-13/h4-8,12H,3,9-11H2,1-2H3,(H,16,21). The van der Waals surface area contributed by atoms with Crippen LogP contribution in [0.3, 0.4) is 0 Å². The lowest BCUT2D eigenvalue weighted by atomic mass is 10.1. The molecule has 0 fully saturated rings. The van der Waals surface area contributed by atoms with Crippen molar-refractivity contribution in [2.24, 2.45) is 0 Å². The van der Waals surface area contributed by atoms with Crippen LogP contribution < -0.4 is 5.32 Å². The predicted octanol–water partition coefficient (Wildman–Crippen LogP) is 1.37. The zero-order valence-electron chi connectivity index (χ0n) is 12.5. The summed E-state index contributed by atoms with van der Waals surface area (Å²) >= 11 is 0. The lowest BCUT2D eigenvalue weighted by Gasteiger charge is -2.11. The third kappa shape index (κ3) is 4.66. The van der Waals surface area contributed by atoms with Crippen LogP contribution in [0.2, 0.25) is 0 Å². The Kier molecular flexibility index (Phi) is 5.43. The highest BCUT2D eigenvalue weighted by Crippen LogP contribution is 2.03. The number of aryl methyl sites for hydroxylation is 2. The van der Waals surface area contributed by atoms with Gasteiger partial charge < -0.3 is 5.32 Å². The molecular formula is C15H21N5O. The lowest BCUT2D eigenvalue weighted by Crippen LogP contribution is -2.33. The first-order valence-corrected chi connectivity index (χ1v) is 7.27. The highest BCUT2D eigenvalue weighted by atomic mass is 16.1. The van der Waals surface area contributed by atoms with Crippen molar-refractivity contribution in [1.29, 1.82) is 0 Å². The third-order valence-electron chi connectivity index (χ3n) is 3.40. The molecule has 21 heavy (non-hydrogen) atoms. The van der Waals surface area contributed by atoms with Crippen LogP contribution in [-0.4, -0.2) is 32.2 Å². The second-order valence-corrected chi connectivity index (χ2v) is 5.11. The SMILES string of the molecule is CCC(C)NC(=O)Cc1nnnn1CCc1ccccc1. The van der Waals surface area contributed by atoms with Crippen molar-refractivity contribution in [3.8, 4) is 0 Å². The molecule has 1 heterocycles. The van der Waals surface area contributed by atoms with Crippen molar-refractivity contribution in [3.05, 3.63) is 41.7 Å². The van der Waals surface area contributed by atoms with E-state index >= 15 is 0 Å². The largest absolute Gasteiger partial charge is 0.353 e. The minimum atomic E-state index is -0.0416. The van der Waals surface area contributed by atoms with E-state index in [4.69, 9.17) is 0 Å². The van der Waals surface area contributed by atoms with Gasteiger partial charge in [-0.25, -0.2) is 4.68 Å². The van der Waals surface area contributed by atoms with Gasteiger partial charge in [0.1, 0.15) is 0 Å². The van der Waals surface area contributed by atoms with Crippen molar-refractivity contribution in [2.75, 3.05) is 0 Å². The molecule has 1 N–H and O–H groups in total. The lowest BCUT2D eigenvalue weighted by molar-refractivity contribution is -0.121. The highest BCUT2D eigenvalue weighted by molar-refractivity contribution is 5.77. The summed E-state index contributed by atoms with van der Waals surface area (Å²) in [6.45, 7) is 4.69. The van der Waals surface area contributed by atoms with Crippen LogP contribution in [-0.2, 0) is 24.2 Å². The van der Waals surface area contributed by atoms with E-state index in [9.17, 15) is 4.79 Å². The smallest absolute Gasteiger partial charge is 0.227 e. The Hall–Kier alpha value is -2.24. The normalized spacial score (nSPS) is 12.1. The Morgan fingerprint density at radius 1 is 1.33 bits per heavy atom. The van der Waals surface area contributed by atoms with Gasteiger partial charge in [0.25, 0.3) is 0 Å². The maximum absolute atomic E-state index is 11.9. The summed E-state index contributed by atoms with van der Waals surface area (Å²) in [6.07, 6.45) is 1.96. The van der Waals surface area contributed by atoms with Gasteiger partial charge in [-0.1, -0.05) is 37.3 Å². The molecule has 0 radical (unpaired) electrons. The summed E-state index contributed by atoms with van der Waals surface area (Å²) in [5, 5.41) is 14.5. The third-order valence-corrected chi connectivity index (χ3v) is 3.40.